The van der Waals surface area contributed by atoms with Gasteiger partial charge in [0.05, 0.1) is 11.6 Å². The van der Waals surface area contributed by atoms with Crippen molar-refractivity contribution in [3.8, 4) is 6.01 Å². The van der Waals surface area contributed by atoms with Gasteiger partial charge in [0, 0.05) is 28.9 Å². The molecule has 1 atom stereocenters. The molecule has 2 saturated carbocycles. The van der Waals surface area contributed by atoms with Gasteiger partial charge in [0.2, 0.25) is 11.9 Å². The van der Waals surface area contributed by atoms with Crippen LogP contribution in [0.3, 0.4) is 0 Å². The van der Waals surface area contributed by atoms with Crippen LogP contribution in [0, 0.1) is 0 Å². The average molecular weight is 735 g/mol. The number of aliphatic hydroxyl groups is 1. The number of hydrogen-bond acceptors (Lipinski definition) is 11. The zero-order valence-electron chi connectivity index (χ0n) is 26.8. The first kappa shape index (κ1) is 37.0. The topological polar surface area (TPSA) is 217 Å². The van der Waals surface area contributed by atoms with Crippen LogP contribution < -0.4 is 31.3 Å². The van der Waals surface area contributed by atoms with Gasteiger partial charge in [-0.05, 0) is 80.5 Å². The first-order chi connectivity index (χ1) is 24.2. The highest BCUT2D eigenvalue weighted by Gasteiger charge is 2.45. The minimum atomic E-state index is -4.65. The van der Waals surface area contributed by atoms with Crippen molar-refractivity contribution in [2.75, 3.05) is 23.8 Å². The second-order valence-corrected chi connectivity index (χ2v) is 12.6. The van der Waals surface area contributed by atoms with Gasteiger partial charge in [0.15, 0.2) is 6.61 Å². The van der Waals surface area contributed by atoms with E-state index in [4.69, 9.17) is 16.3 Å². The summed E-state index contributed by atoms with van der Waals surface area (Å²) < 4.78 is 43.5. The first-order valence-corrected chi connectivity index (χ1v) is 16.2. The molecule has 0 spiro atoms. The number of alkyl halides is 3. The number of carboxylic acid groups (broad SMARTS) is 1. The van der Waals surface area contributed by atoms with E-state index in [1.165, 1.54) is 24.3 Å². The number of rotatable bonds is 13. The van der Waals surface area contributed by atoms with Crippen LogP contribution in [0.15, 0.2) is 48.5 Å². The van der Waals surface area contributed by atoms with Crippen LogP contribution in [0.4, 0.5) is 30.8 Å². The summed E-state index contributed by atoms with van der Waals surface area (Å²) in [5.74, 6) is -4.51. The quantitative estimate of drug-likeness (QED) is 0.126. The molecule has 2 fully saturated rings. The predicted molar refractivity (Wildman–Crippen MR) is 175 cm³/mol. The number of carboxylic acids is 1. The van der Waals surface area contributed by atoms with Gasteiger partial charge in [-0.25, -0.2) is 4.79 Å². The van der Waals surface area contributed by atoms with Gasteiger partial charge in [0.25, 0.3) is 5.91 Å². The predicted octanol–water partition coefficient (Wildman–Crippen LogP) is 3.03. The molecule has 15 nitrogen and oxygen atoms in total. The normalized spacial score (nSPS) is 18.5. The maximum Gasteiger partial charge on any atom is 0.422 e. The SMILES string of the molecule is O=C(NC[C@H](NC(=O)c1ccc(Nc2nc(NC3(c4ccc(Cl)cc4)CC3)nc(OCC(F)(F)F)n2)cc1)C(=O)O)C(=O)NC1CCC(O)CC1. The molecule has 0 unspecified atom stereocenters. The maximum atomic E-state index is 12.9. The summed E-state index contributed by atoms with van der Waals surface area (Å²) in [4.78, 5) is 61.4. The van der Waals surface area contributed by atoms with Gasteiger partial charge in [0.1, 0.15) is 6.04 Å². The zero-order chi connectivity index (χ0) is 36.8. The van der Waals surface area contributed by atoms with Crippen LogP contribution in [0.25, 0.3) is 0 Å². The fraction of sp³-hybridized carbons (Fsp3) is 0.406. The number of aliphatic hydroxyl groups excluding tert-OH is 1. The molecule has 0 aliphatic heterocycles. The number of amides is 3. The molecule has 3 aromatic rings. The van der Waals surface area contributed by atoms with Crippen LogP contribution in [0.1, 0.15) is 54.4 Å². The summed E-state index contributed by atoms with van der Waals surface area (Å²) in [6.45, 7) is -2.22. The third-order valence-electron chi connectivity index (χ3n) is 8.19. The molecule has 2 aliphatic rings. The number of halogens is 4. The Labute approximate surface area is 293 Å². The van der Waals surface area contributed by atoms with E-state index in [0.29, 0.717) is 49.2 Å². The Balaban J connectivity index is 1.20. The molecule has 7 N–H and O–H groups in total. The number of nitrogens with zero attached hydrogens (tertiary/aromatic N) is 3. The van der Waals surface area contributed by atoms with Gasteiger partial charge in [-0.2, -0.15) is 28.1 Å². The minimum absolute atomic E-state index is 0.0289. The Hall–Kier alpha value is -5.23. The highest BCUT2D eigenvalue weighted by Crippen LogP contribution is 2.48. The third-order valence-corrected chi connectivity index (χ3v) is 8.44. The molecular formula is C32H34ClF3N8O7. The second-order valence-electron chi connectivity index (χ2n) is 12.1. The lowest BCUT2D eigenvalue weighted by atomic mass is 9.93. The van der Waals surface area contributed by atoms with Crippen LogP contribution in [0.5, 0.6) is 6.01 Å². The number of anilines is 3. The summed E-state index contributed by atoms with van der Waals surface area (Å²) in [6.07, 6.45) is -1.73. The van der Waals surface area contributed by atoms with Crippen LogP contribution in [0.2, 0.25) is 5.02 Å². The number of nitrogens with one attached hydrogen (secondary N) is 5. The van der Waals surface area contributed by atoms with Crippen molar-refractivity contribution in [2.24, 2.45) is 0 Å². The third kappa shape index (κ3) is 10.6. The van der Waals surface area contributed by atoms with Crippen LogP contribution in [-0.4, -0.2) is 86.4 Å². The standard InChI is InChI=1S/C32H34ClF3N8O7/c33-19-5-3-18(4-6-19)31(13-14-31)44-29-41-28(42-30(43-29)51-16-32(34,35)36)39-21-7-1-17(2-8-21)24(46)40-23(27(49)50)15-37-25(47)26(48)38-20-9-11-22(45)12-10-20/h1-8,20,22-23,45H,9-16H2,(H,37,47)(H,38,48)(H,40,46)(H,49,50)(H2,39,41,42,43,44)/t20?,22?,23-/m0/s1. The molecule has 1 aromatic heterocycles. The number of hydrogen-bond donors (Lipinski definition) is 7. The average Bonchev–Trinajstić information content (AvgIpc) is 3.86. The van der Waals surface area contributed by atoms with Gasteiger partial charge < -0.3 is 41.5 Å². The zero-order valence-corrected chi connectivity index (χ0v) is 27.6. The molecule has 2 aromatic carbocycles. The lowest BCUT2D eigenvalue weighted by molar-refractivity contribution is -0.154. The van der Waals surface area contributed by atoms with E-state index in [2.05, 4.69) is 41.5 Å². The molecule has 51 heavy (non-hydrogen) atoms. The summed E-state index contributed by atoms with van der Waals surface area (Å²) in [5, 5.41) is 32.7. The molecule has 272 valence electrons. The number of benzene rings is 2. The van der Waals surface area contributed by atoms with E-state index >= 15 is 0 Å². The van der Waals surface area contributed by atoms with Gasteiger partial charge >= 0.3 is 30.0 Å². The van der Waals surface area contributed by atoms with Crippen molar-refractivity contribution < 1.29 is 47.3 Å². The molecule has 19 heteroatoms. The minimum Gasteiger partial charge on any atom is -0.480 e. The number of aromatic nitrogens is 3. The summed E-state index contributed by atoms with van der Waals surface area (Å²) in [6, 6.07) is 10.1. The number of ether oxygens (including phenoxy) is 1. The largest absolute Gasteiger partial charge is 0.480 e. The van der Waals surface area contributed by atoms with Gasteiger partial charge in [-0.3, -0.25) is 14.4 Å². The molecular weight excluding hydrogens is 701 g/mol. The van der Waals surface area contributed by atoms with Gasteiger partial charge in [-0.1, -0.05) is 23.7 Å². The van der Waals surface area contributed by atoms with Crippen molar-refractivity contribution >= 4 is 52.9 Å². The highest BCUT2D eigenvalue weighted by atomic mass is 35.5. The lowest BCUT2D eigenvalue weighted by Crippen LogP contribution is -2.52. The number of carbonyl (C=O) groups is 4. The Kier molecular flexibility index (Phi) is 11.4. The molecule has 0 saturated heterocycles. The summed E-state index contributed by atoms with van der Waals surface area (Å²) in [5.41, 5.74) is 0.650. The second kappa shape index (κ2) is 15.8. The molecule has 2 aliphatic carbocycles. The van der Waals surface area contributed by atoms with Crippen molar-refractivity contribution in [2.45, 2.75) is 68.4 Å². The van der Waals surface area contributed by atoms with Crippen molar-refractivity contribution in [3.05, 3.63) is 64.7 Å². The Bertz CT molecular complexity index is 1740. The number of aliphatic carboxylic acids is 1. The van der Waals surface area contributed by atoms with E-state index in [1.54, 1.807) is 12.1 Å². The fourth-order valence-electron chi connectivity index (χ4n) is 5.29. The lowest BCUT2D eigenvalue weighted by Gasteiger charge is -2.25. The molecule has 1 heterocycles. The molecule has 0 radical (unpaired) electrons. The first-order valence-electron chi connectivity index (χ1n) is 15.9. The van der Waals surface area contributed by atoms with Crippen molar-refractivity contribution in [1.29, 1.82) is 0 Å². The molecule has 3 amide bonds. The van der Waals surface area contributed by atoms with Crippen molar-refractivity contribution in [1.82, 2.24) is 30.9 Å². The summed E-state index contributed by atoms with van der Waals surface area (Å²) in [7, 11) is 0. The number of carbonyl (C=O) groups excluding carboxylic acids is 3. The Morgan fingerprint density at radius 2 is 1.57 bits per heavy atom. The van der Waals surface area contributed by atoms with E-state index in [1.807, 2.05) is 12.1 Å². The van der Waals surface area contributed by atoms with Gasteiger partial charge in [-0.15, -0.1) is 0 Å². The summed E-state index contributed by atoms with van der Waals surface area (Å²) >= 11 is 6.01. The van der Waals surface area contributed by atoms with E-state index in [9.17, 15) is 42.6 Å². The molecule has 0 bridgehead atoms. The maximum absolute atomic E-state index is 12.9. The monoisotopic (exact) mass is 734 g/mol. The molecule has 5 rings (SSSR count). The van der Waals surface area contributed by atoms with Crippen LogP contribution in [-0.2, 0) is 19.9 Å². The van der Waals surface area contributed by atoms with Crippen molar-refractivity contribution in [3.63, 3.8) is 0 Å². The smallest absolute Gasteiger partial charge is 0.422 e. The van der Waals surface area contributed by atoms with Crippen LogP contribution >= 0.6 is 11.6 Å². The van der Waals surface area contributed by atoms with E-state index in [0.717, 1.165) is 5.56 Å². The highest BCUT2D eigenvalue weighted by molar-refractivity contribution is 6.35. The Morgan fingerprint density at radius 1 is 0.922 bits per heavy atom. The van der Waals surface area contributed by atoms with E-state index < -0.39 is 66.7 Å². The van der Waals surface area contributed by atoms with E-state index in [-0.39, 0.29) is 23.5 Å². The Morgan fingerprint density at radius 3 is 2.18 bits per heavy atom. The fourth-order valence-corrected chi connectivity index (χ4v) is 5.42.